The maximum Gasteiger partial charge on any atom is 0.328 e. The fourth-order valence-corrected chi connectivity index (χ4v) is 1.58. The summed E-state index contributed by atoms with van der Waals surface area (Å²) in [5.74, 6) is -1.07. The van der Waals surface area contributed by atoms with Crippen LogP contribution in [0.25, 0.3) is 0 Å². The maximum absolute atomic E-state index is 11.6. The van der Waals surface area contributed by atoms with Crippen molar-refractivity contribution in [2.75, 3.05) is 20.3 Å². The third-order valence-electron chi connectivity index (χ3n) is 2.64. The Hall–Kier alpha value is -2.08. The molecule has 1 atom stereocenters. The average Bonchev–Trinajstić information content (AvgIpc) is 2.44. The normalized spacial score (nSPS) is 11.7. The van der Waals surface area contributed by atoms with Crippen molar-refractivity contribution in [3.8, 4) is 5.75 Å². The van der Waals surface area contributed by atoms with Gasteiger partial charge in [0.25, 0.3) is 5.91 Å². The zero-order chi connectivity index (χ0) is 15.0. The van der Waals surface area contributed by atoms with Crippen molar-refractivity contribution in [2.24, 2.45) is 0 Å². The van der Waals surface area contributed by atoms with Crippen LogP contribution in [0.1, 0.15) is 12.5 Å². The van der Waals surface area contributed by atoms with Crippen LogP contribution in [-0.4, -0.2) is 43.3 Å². The largest absolute Gasteiger partial charge is 0.484 e. The van der Waals surface area contributed by atoms with E-state index in [0.29, 0.717) is 5.75 Å². The highest BCUT2D eigenvalue weighted by atomic mass is 16.5. The molecule has 0 fully saturated rings. The number of carboxylic acids is 1. The third-order valence-corrected chi connectivity index (χ3v) is 2.64. The van der Waals surface area contributed by atoms with Crippen molar-refractivity contribution >= 4 is 11.9 Å². The fraction of sp³-hybridized carbons (Fsp3) is 0.429. The summed E-state index contributed by atoms with van der Waals surface area (Å²) >= 11 is 0. The number of ether oxygens (including phenoxy) is 2. The molecule has 0 spiro atoms. The van der Waals surface area contributed by atoms with Gasteiger partial charge in [0, 0.05) is 7.11 Å². The van der Waals surface area contributed by atoms with E-state index in [1.807, 2.05) is 25.1 Å². The molecule has 1 unspecified atom stereocenters. The summed E-state index contributed by atoms with van der Waals surface area (Å²) in [6, 6.07) is 6.33. The lowest BCUT2D eigenvalue weighted by Crippen LogP contribution is -2.45. The van der Waals surface area contributed by atoms with Crippen molar-refractivity contribution in [3.63, 3.8) is 0 Å². The molecule has 0 aromatic heterocycles. The molecular formula is C14H19NO5. The fourth-order valence-electron chi connectivity index (χ4n) is 1.58. The van der Waals surface area contributed by atoms with Gasteiger partial charge in [-0.3, -0.25) is 4.79 Å². The molecule has 2 N–H and O–H groups in total. The first-order valence-corrected chi connectivity index (χ1v) is 6.29. The van der Waals surface area contributed by atoms with E-state index in [-0.39, 0.29) is 13.2 Å². The summed E-state index contributed by atoms with van der Waals surface area (Å²) in [6.45, 7) is 1.70. The molecule has 0 aliphatic carbocycles. The number of carbonyl (C=O) groups is 2. The number of carboxylic acid groups (broad SMARTS) is 1. The summed E-state index contributed by atoms with van der Waals surface area (Å²) < 4.78 is 10.0. The molecule has 0 heterocycles. The monoisotopic (exact) mass is 281 g/mol. The van der Waals surface area contributed by atoms with Crippen LogP contribution < -0.4 is 10.1 Å². The van der Waals surface area contributed by atoms with Gasteiger partial charge in [0.1, 0.15) is 5.75 Å². The summed E-state index contributed by atoms with van der Waals surface area (Å²) in [5, 5.41) is 11.2. The number of hydrogen-bond donors (Lipinski definition) is 2. The molecule has 0 radical (unpaired) electrons. The molecule has 1 amide bonds. The Morgan fingerprint density at radius 1 is 1.40 bits per heavy atom. The lowest BCUT2D eigenvalue weighted by Gasteiger charge is -2.14. The Morgan fingerprint density at radius 3 is 2.75 bits per heavy atom. The van der Waals surface area contributed by atoms with Crippen LogP contribution in [0.4, 0.5) is 0 Å². The first-order chi connectivity index (χ1) is 9.56. The second kappa shape index (κ2) is 8.16. The quantitative estimate of drug-likeness (QED) is 0.737. The molecule has 1 aromatic rings. The highest BCUT2D eigenvalue weighted by Gasteiger charge is 2.19. The number of carbonyl (C=O) groups excluding carboxylic acids is 1. The van der Waals surface area contributed by atoms with E-state index in [9.17, 15) is 9.59 Å². The smallest absolute Gasteiger partial charge is 0.328 e. The molecule has 0 bridgehead atoms. The molecule has 0 saturated heterocycles. The Bertz CT molecular complexity index is 461. The van der Waals surface area contributed by atoms with Crippen molar-refractivity contribution in [3.05, 3.63) is 29.8 Å². The van der Waals surface area contributed by atoms with Crippen LogP contribution >= 0.6 is 0 Å². The summed E-state index contributed by atoms with van der Waals surface area (Å²) in [4.78, 5) is 22.5. The van der Waals surface area contributed by atoms with Crippen LogP contribution in [0.5, 0.6) is 5.75 Å². The SMILES string of the molecule is CCc1cccc(OCC(=O)NC(COC)C(=O)O)c1. The number of aliphatic carboxylic acids is 1. The molecule has 6 nitrogen and oxygen atoms in total. The molecular weight excluding hydrogens is 262 g/mol. The summed E-state index contributed by atoms with van der Waals surface area (Å²) in [5.41, 5.74) is 1.10. The van der Waals surface area contributed by atoms with E-state index in [1.54, 1.807) is 6.07 Å². The topological polar surface area (TPSA) is 84.9 Å². The van der Waals surface area contributed by atoms with E-state index in [0.717, 1.165) is 12.0 Å². The molecule has 0 aliphatic rings. The summed E-state index contributed by atoms with van der Waals surface area (Å²) in [7, 11) is 1.37. The number of aryl methyl sites for hydroxylation is 1. The predicted molar refractivity (Wildman–Crippen MR) is 72.8 cm³/mol. The first-order valence-electron chi connectivity index (χ1n) is 6.29. The molecule has 6 heteroatoms. The number of benzene rings is 1. The predicted octanol–water partition coefficient (Wildman–Crippen LogP) is 0.844. The number of nitrogens with one attached hydrogen (secondary N) is 1. The van der Waals surface area contributed by atoms with Gasteiger partial charge >= 0.3 is 5.97 Å². The Balaban J connectivity index is 2.47. The van der Waals surface area contributed by atoms with Gasteiger partial charge in [-0.05, 0) is 24.1 Å². The number of amides is 1. The lowest BCUT2D eigenvalue weighted by molar-refractivity contribution is -0.143. The minimum absolute atomic E-state index is 0.0909. The minimum atomic E-state index is -1.15. The zero-order valence-electron chi connectivity index (χ0n) is 11.6. The van der Waals surface area contributed by atoms with Crippen LogP contribution in [-0.2, 0) is 20.7 Å². The van der Waals surface area contributed by atoms with E-state index < -0.39 is 17.9 Å². The highest BCUT2D eigenvalue weighted by Crippen LogP contribution is 2.13. The van der Waals surface area contributed by atoms with Crippen LogP contribution in [0.15, 0.2) is 24.3 Å². The number of hydrogen-bond acceptors (Lipinski definition) is 4. The van der Waals surface area contributed by atoms with Gasteiger partial charge in [0.15, 0.2) is 12.6 Å². The number of rotatable bonds is 8. The molecule has 110 valence electrons. The second-order valence-electron chi connectivity index (χ2n) is 4.20. The third kappa shape index (κ3) is 5.27. The van der Waals surface area contributed by atoms with Gasteiger partial charge in [0.05, 0.1) is 6.61 Å². The van der Waals surface area contributed by atoms with E-state index >= 15 is 0 Å². The van der Waals surface area contributed by atoms with Gasteiger partial charge in [-0.15, -0.1) is 0 Å². The van der Waals surface area contributed by atoms with Crippen LogP contribution in [0, 0.1) is 0 Å². The standard InChI is InChI=1S/C14H19NO5/c1-3-10-5-4-6-11(7-10)20-9-13(16)15-12(8-19-2)14(17)18/h4-7,12H,3,8-9H2,1-2H3,(H,15,16)(H,17,18). The molecule has 0 aliphatic heterocycles. The van der Waals surface area contributed by atoms with E-state index in [2.05, 4.69) is 5.32 Å². The highest BCUT2D eigenvalue weighted by molar-refractivity contribution is 5.84. The Kier molecular flexibility index (Phi) is 6.52. The van der Waals surface area contributed by atoms with Crippen molar-refractivity contribution < 1.29 is 24.2 Å². The van der Waals surface area contributed by atoms with Crippen molar-refractivity contribution in [1.29, 1.82) is 0 Å². The van der Waals surface area contributed by atoms with E-state index in [4.69, 9.17) is 14.6 Å². The van der Waals surface area contributed by atoms with Crippen LogP contribution in [0.3, 0.4) is 0 Å². The Morgan fingerprint density at radius 2 is 2.15 bits per heavy atom. The zero-order valence-corrected chi connectivity index (χ0v) is 11.6. The molecule has 20 heavy (non-hydrogen) atoms. The van der Waals surface area contributed by atoms with Gasteiger partial charge < -0.3 is 19.9 Å². The first kappa shape index (κ1) is 16.0. The van der Waals surface area contributed by atoms with Crippen LogP contribution in [0.2, 0.25) is 0 Å². The van der Waals surface area contributed by atoms with Crippen molar-refractivity contribution in [2.45, 2.75) is 19.4 Å². The van der Waals surface area contributed by atoms with Crippen molar-refractivity contribution in [1.82, 2.24) is 5.32 Å². The molecule has 1 rings (SSSR count). The minimum Gasteiger partial charge on any atom is -0.484 e. The molecule has 1 aromatic carbocycles. The maximum atomic E-state index is 11.6. The van der Waals surface area contributed by atoms with Gasteiger partial charge in [-0.2, -0.15) is 0 Å². The van der Waals surface area contributed by atoms with Gasteiger partial charge in [-0.25, -0.2) is 4.79 Å². The average molecular weight is 281 g/mol. The summed E-state index contributed by atoms with van der Waals surface area (Å²) in [6.07, 6.45) is 0.873. The van der Waals surface area contributed by atoms with Gasteiger partial charge in [-0.1, -0.05) is 19.1 Å². The molecule has 0 saturated carbocycles. The van der Waals surface area contributed by atoms with E-state index in [1.165, 1.54) is 7.11 Å². The lowest BCUT2D eigenvalue weighted by atomic mass is 10.2. The Labute approximate surface area is 117 Å². The number of methoxy groups -OCH3 is 1. The second-order valence-corrected chi connectivity index (χ2v) is 4.20. The van der Waals surface area contributed by atoms with Gasteiger partial charge in [0.2, 0.25) is 0 Å².